The van der Waals surface area contributed by atoms with Crippen LogP contribution in [0.5, 0.6) is 0 Å². The molecule has 1 heterocycles. The Morgan fingerprint density at radius 1 is 1.47 bits per heavy atom. The van der Waals surface area contributed by atoms with Crippen LogP contribution < -0.4 is 4.94 Å². The maximum absolute atomic E-state index is 11.6. The first kappa shape index (κ1) is 13.2. The summed E-state index contributed by atoms with van der Waals surface area (Å²) in [5.74, 6) is -0.116. The molecule has 19 heavy (non-hydrogen) atoms. The molecule has 0 aliphatic carbocycles. The lowest BCUT2D eigenvalue weighted by atomic mass is 10.1. The molecule has 0 radical (unpaired) electrons. The van der Waals surface area contributed by atoms with Gasteiger partial charge in [-0.05, 0) is 30.7 Å². The minimum absolute atomic E-state index is 0.247. The van der Waals surface area contributed by atoms with Crippen LogP contribution in [-0.2, 0) is 4.74 Å². The average Bonchev–Trinajstić information content (AvgIpc) is 2.83. The van der Waals surface area contributed by atoms with E-state index < -0.39 is 4.94 Å². The zero-order chi connectivity index (χ0) is 13.7. The van der Waals surface area contributed by atoms with E-state index in [1.165, 1.54) is 0 Å². The Morgan fingerprint density at radius 2 is 2.32 bits per heavy atom. The van der Waals surface area contributed by atoms with Crippen molar-refractivity contribution in [2.24, 2.45) is 0 Å². The fourth-order valence-electron chi connectivity index (χ4n) is 1.42. The SMILES string of the molecule is CCOC(=O)c1cccc(/C=C/c2nsc(=O)o2)c1. The number of benzene rings is 1. The van der Waals surface area contributed by atoms with E-state index in [9.17, 15) is 9.59 Å². The largest absolute Gasteiger partial charge is 0.462 e. The summed E-state index contributed by atoms with van der Waals surface area (Å²) in [7, 11) is 0. The second kappa shape index (κ2) is 6.10. The zero-order valence-electron chi connectivity index (χ0n) is 10.2. The Balaban J connectivity index is 2.17. The van der Waals surface area contributed by atoms with E-state index in [2.05, 4.69) is 4.37 Å². The fourth-order valence-corrected chi connectivity index (χ4v) is 1.81. The molecular formula is C13H11NO4S. The van der Waals surface area contributed by atoms with Gasteiger partial charge in [0.15, 0.2) is 0 Å². The molecule has 2 aromatic rings. The molecule has 0 spiro atoms. The highest BCUT2D eigenvalue weighted by Gasteiger charge is 2.05. The molecule has 2 rings (SSSR count). The van der Waals surface area contributed by atoms with E-state index in [0.29, 0.717) is 12.2 Å². The summed E-state index contributed by atoms with van der Waals surface area (Å²) in [5.41, 5.74) is 1.27. The van der Waals surface area contributed by atoms with Gasteiger partial charge in [-0.3, -0.25) is 0 Å². The molecule has 6 heteroatoms. The standard InChI is InChI=1S/C13H11NO4S/c1-2-17-12(15)10-5-3-4-9(8-10)6-7-11-14-19-13(16)18-11/h3-8H,2H2,1H3/b7-6+. The molecule has 1 aromatic heterocycles. The smallest absolute Gasteiger partial charge is 0.414 e. The first-order chi connectivity index (χ1) is 9.19. The van der Waals surface area contributed by atoms with Crippen molar-refractivity contribution < 1.29 is 13.9 Å². The Hall–Kier alpha value is -2.21. The Morgan fingerprint density at radius 3 is 3.00 bits per heavy atom. The first-order valence-corrected chi connectivity index (χ1v) is 6.38. The van der Waals surface area contributed by atoms with Crippen LogP contribution in [-0.4, -0.2) is 16.9 Å². The number of nitrogens with zero attached hydrogens (tertiary/aromatic N) is 1. The van der Waals surface area contributed by atoms with Gasteiger partial charge in [-0.15, -0.1) is 4.37 Å². The predicted molar refractivity (Wildman–Crippen MR) is 72.0 cm³/mol. The zero-order valence-corrected chi connectivity index (χ0v) is 11.0. The van der Waals surface area contributed by atoms with Crippen molar-refractivity contribution in [2.45, 2.75) is 6.92 Å². The van der Waals surface area contributed by atoms with Crippen LogP contribution in [0.15, 0.2) is 33.5 Å². The van der Waals surface area contributed by atoms with E-state index in [1.54, 1.807) is 37.3 Å². The summed E-state index contributed by atoms with van der Waals surface area (Å²) in [6.07, 6.45) is 3.28. The van der Waals surface area contributed by atoms with Gasteiger partial charge in [-0.1, -0.05) is 12.1 Å². The summed E-state index contributed by atoms with van der Waals surface area (Å²) >= 11 is 0.757. The third kappa shape index (κ3) is 3.62. The normalized spacial score (nSPS) is 10.8. The highest BCUT2D eigenvalue weighted by Crippen LogP contribution is 2.10. The van der Waals surface area contributed by atoms with Crippen molar-refractivity contribution in [3.63, 3.8) is 0 Å². The molecule has 5 nitrogen and oxygen atoms in total. The van der Waals surface area contributed by atoms with E-state index in [0.717, 1.165) is 17.1 Å². The van der Waals surface area contributed by atoms with Gasteiger partial charge in [-0.2, -0.15) is 0 Å². The topological polar surface area (TPSA) is 69.4 Å². The van der Waals surface area contributed by atoms with Gasteiger partial charge < -0.3 is 9.15 Å². The summed E-state index contributed by atoms with van der Waals surface area (Å²) < 4.78 is 13.5. The molecule has 0 N–H and O–H groups in total. The molecule has 98 valence electrons. The quantitative estimate of drug-likeness (QED) is 0.803. The number of aromatic nitrogens is 1. The van der Waals surface area contributed by atoms with Crippen molar-refractivity contribution >= 4 is 29.7 Å². The van der Waals surface area contributed by atoms with Gasteiger partial charge in [-0.25, -0.2) is 9.59 Å². The third-order valence-electron chi connectivity index (χ3n) is 2.21. The van der Waals surface area contributed by atoms with Crippen LogP contribution in [0.3, 0.4) is 0 Å². The van der Waals surface area contributed by atoms with Gasteiger partial charge in [0.05, 0.1) is 23.7 Å². The second-order valence-electron chi connectivity index (χ2n) is 3.55. The summed E-state index contributed by atoms with van der Waals surface area (Å²) in [4.78, 5) is 21.9. The van der Waals surface area contributed by atoms with Gasteiger partial charge >= 0.3 is 10.9 Å². The average molecular weight is 277 g/mol. The van der Waals surface area contributed by atoms with E-state index in [4.69, 9.17) is 9.15 Å². The van der Waals surface area contributed by atoms with Crippen LogP contribution in [0.4, 0.5) is 0 Å². The molecule has 0 aliphatic heterocycles. The van der Waals surface area contributed by atoms with Crippen LogP contribution in [0, 0.1) is 0 Å². The number of rotatable bonds is 4. The molecule has 0 aliphatic rings. The monoisotopic (exact) mass is 277 g/mol. The lowest BCUT2D eigenvalue weighted by molar-refractivity contribution is 0.0526. The number of carbonyl (C=O) groups excluding carboxylic acids is 1. The van der Waals surface area contributed by atoms with E-state index >= 15 is 0 Å². The molecule has 0 unspecified atom stereocenters. The van der Waals surface area contributed by atoms with Gasteiger partial charge in [0.2, 0.25) is 5.89 Å². The van der Waals surface area contributed by atoms with Crippen molar-refractivity contribution in [2.75, 3.05) is 6.61 Å². The molecule has 0 amide bonds. The number of hydrogen-bond donors (Lipinski definition) is 0. The lowest BCUT2D eigenvalue weighted by Gasteiger charge is -2.02. The molecule has 0 bridgehead atoms. The number of carbonyl (C=O) groups is 1. The minimum Gasteiger partial charge on any atom is -0.462 e. The molecular weight excluding hydrogens is 266 g/mol. The molecule has 0 saturated carbocycles. The maximum atomic E-state index is 11.6. The molecule has 1 aromatic carbocycles. The predicted octanol–water partition coefficient (Wildman–Crippen LogP) is 2.44. The molecule has 0 fully saturated rings. The highest BCUT2D eigenvalue weighted by molar-refractivity contribution is 7.02. The van der Waals surface area contributed by atoms with E-state index in [1.807, 2.05) is 6.07 Å². The highest BCUT2D eigenvalue weighted by atomic mass is 32.1. The number of esters is 1. The van der Waals surface area contributed by atoms with Crippen molar-refractivity contribution in [1.82, 2.24) is 4.37 Å². The van der Waals surface area contributed by atoms with Gasteiger partial charge in [0.1, 0.15) is 0 Å². The fraction of sp³-hybridized carbons (Fsp3) is 0.154. The van der Waals surface area contributed by atoms with E-state index in [-0.39, 0.29) is 11.9 Å². The van der Waals surface area contributed by atoms with Crippen molar-refractivity contribution in [1.29, 1.82) is 0 Å². The van der Waals surface area contributed by atoms with Gasteiger partial charge in [0, 0.05) is 6.08 Å². The Bertz CT molecular complexity index is 656. The first-order valence-electron chi connectivity index (χ1n) is 5.61. The van der Waals surface area contributed by atoms with Crippen LogP contribution in [0.1, 0.15) is 28.7 Å². The van der Waals surface area contributed by atoms with Crippen LogP contribution in [0.2, 0.25) is 0 Å². The minimum atomic E-state index is -0.445. The Labute approximate surface area is 113 Å². The summed E-state index contributed by atoms with van der Waals surface area (Å²) in [6.45, 7) is 2.09. The van der Waals surface area contributed by atoms with Crippen LogP contribution >= 0.6 is 11.5 Å². The number of hydrogen-bond acceptors (Lipinski definition) is 6. The Kier molecular flexibility index (Phi) is 4.25. The van der Waals surface area contributed by atoms with Crippen LogP contribution in [0.25, 0.3) is 12.2 Å². The second-order valence-corrected chi connectivity index (χ2v) is 4.25. The summed E-state index contributed by atoms with van der Waals surface area (Å²) in [6, 6.07) is 6.95. The third-order valence-corrected chi connectivity index (χ3v) is 2.72. The van der Waals surface area contributed by atoms with Gasteiger partial charge in [0.25, 0.3) is 0 Å². The van der Waals surface area contributed by atoms with Crippen molar-refractivity contribution in [3.8, 4) is 0 Å². The lowest BCUT2D eigenvalue weighted by Crippen LogP contribution is -2.04. The molecule has 0 atom stereocenters. The van der Waals surface area contributed by atoms with Crippen molar-refractivity contribution in [3.05, 3.63) is 51.0 Å². The molecule has 0 saturated heterocycles. The maximum Gasteiger partial charge on any atom is 0.414 e. The number of ether oxygens (including phenoxy) is 1. The summed E-state index contributed by atoms with van der Waals surface area (Å²) in [5, 5.41) is 0.